The summed E-state index contributed by atoms with van der Waals surface area (Å²) in [4.78, 5) is 11.6. The minimum atomic E-state index is 0.0690. The van der Waals surface area contributed by atoms with Gasteiger partial charge in [-0.15, -0.1) is 0 Å². The van der Waals surface area contributed by atoms with Gasteiger partial charge in [-0.1, -0.05) is 20.3 Å². The Labute approximate surface area is 96.8 Å². The Kier molecular flexibility index (Phi) is 4.83. The predicted octanol–water partition coefficient (Wildman–Crippen LogP) is 3.07. The highest BCUT2D eigenvalue weighted by atomic mass is 16.5. The van der Waals surface area contributed by atoms with Crippen LogP contribution < -0.4 is 10.1 Å². The molecule has 3 heteroatoms. The Hall–Kier alpha value is -1.51. The molecule has 1 aromatic carbocycles. The molecule has 0 aliphatic carbocycles. The number of benzene rings is 1. The van der Waals surface area contributed by atoms with Crippen LogP contribution in [0.5, 0.6) is 5.75 Å². The maximum Gasteiger partial charge on any atom is 0.224 e. The molecule has 0 aliphatic heterocycles. The number of rotatable bonds is 5. The van der Waals surface area contributed by atoms with Crippen molar-refractivity contribution < 1.29 is 9.53 Å². The van der Waals surface area contributed by atoms with Crippen molar-refractivity contribution in [2.24, 2.45) is 5.92 Å². The molecular weight excluding hydrogens is 202 g/mol. The van der Waals surface area contributed by atoms with Crippen LogP contribution in [-0.4, -0.2) is 13.0 Å². The van der Waals surface area contributed by atoms with Gasteiger partial charge in [0.25, 0.3) is 0 Å². The summed E-state index contributed by atoms with van der Waals surface area (Å²) in [6.45, 7) is 4.17. The average molecular weight is 221 g/mol. The van der Waals surface area contributed by atoms with Gasteiger partial charge in [0, 0.05) is 12.1 Å². The van der Waals surface area contributed by atoms with Crippen molar-refractivity contribution in [1.29, 1.82) is 0 Å². The van der Waals surface area contributed by atoms with Gasteiger partial charge >= 0.3 is 0 Å². The van der Waals surface area contributed by atoms with Crippen LogP contribution in [0.4, 0.5) is 5.69 Å². The van der Waals surface area contributed by atoms with Crippen LogP contribution in [0.3, 0.4) is 0 Å². The third-order valence-electron chi connectivity index (χ3n) is 2.60. The number of carbonyl (C=O) groups is 1. The first kappa shape index (κ1) is 12.6. The summed E-state index contributed by atoms with van der Waals surface area (Å²) in [5.74, 6) is 1.29. The Morgan fingerprint density at radius 2 is 2.00 bits per heavy atom. The lowest BCUT2D eigenvalue weighted by Gasteiger charge is -2.09. The van der Waals surface area contributed by atoms with E-state index >= 15 is 0 Å². The molecule has 0 aromatic heterocycles. The number of anilines is 1. The van der Waals surface area contributed by atoms with Crippen molar-refractivity contribution in [3.63, 3.8) is 0 Å². The molecule has 0 heterocycles. The van der Waals surface area contributed by atoms with E-state index in [1.165, 1.54) is 0 Å². The van der Waals surface area contributed by atoms with Crippen molar-refractivity contribution in [3.8, 4) is 5.75 Å². The van der Waals surface area contributed by atoms with Crippen LogP contribution in [0.2, 0.25) is 0 Å². The molecule has 16 heavy (non-hydrogen) atoms. The SMILES string of the molecule is CC[C@@H](C)CC(=O)Nc1ccc(OC)cc1. The zero-order valence-corrected chi connectivity index (χ0v) is 10.1. The Morgan fingerprint density at radius 1 is 1.38 bits per heavy atom. The average Bonchev–Trinajstić information content (AvgIpc) is 2.29. The lowest BCUT2D eigenvalue weighted by molar-refractivity contribution is -0.117. The van der Waals surface area contributed by atoms with E-state index < -0.39 is 0 Å². The van der Waals surface area contributed by atoms with Gasteiger partial charge in [-0.25, -0.2) is 0 Å². The number of ether oxygens (including phenoxy) is 1. The number of amides is 1. The fourth-order valence-electron chi connectivity index (χ4n) is 1.35. The van der Waals surface area contributed by atoms with E-state index in [1.807, 2.05) is 24.3 Å². The van der Waals surface area contributed by atoms with E-state index in [-0.39, 0.29) is 5.91 Å². The zero-order valence-electron chi connectivity index (χ0n) is 10.1. The van der Waals surface area contributed by atoms with Gasteiger partial charge in [-0.2, -0.15) is 0 Å². The van der Waals surface area contributed by atoms with E-state index in [4.69, 9.17) is 4.74 Å². The summed E-state index contributed by atoms with van der Waals surface area (Å²) in [6, 6.07) is 7.35. The molecule has 1 aromatic rings. The Balaban J connectivity index is 2.49. The standard InChI is InChI=1S/C13H19NO2/c1-4-10(2)9-13(15)14-11-5-7-12(16-3)8-6-11/h5-8,10H,4,9H2,1-3H3,(H,14,15)/t10-/m1/s1. The van der Waals surface area contributed by atoms with E-state index in [2.05, 4.69) is 19.2 Å². The van der Waals surface area contributed by atoms with Crippen LogP contribution in [0, 0.1) is 5.92 Å². The van der Waals surface area contributed by atoms with Crippen LogP contribution in [0.15, 0.2) is 24.3 Å². The molecule has 0 aliphatic rings. The summed E-state index contributed by atoms with van der Waals surface area (Å²) in [5.41, 5.74) is 0.814. The molecule has 0 fully saturated rings. The second-order valence-corrected chi connectivity index (χ2v) is 3.99. The fraction of sp³-hybridized carbons (Fsp3) is 0.462. The number of nitrogens with one attached hydrogen (secondary N) is 1. The van der Waals surface area contributed by atoms with Gasteiger partial charge in [0.2, 0.25) is 5.91 Å². The third-order valence-corrected chi connectivity index (χ3v) is 2.60. The van der Waals surface area contributed by atoms with Gasteiger partial charge in [0.05, 0.1) is 7.11 Å². The van der Waals surface area contributed by atoms with Crippen molar-refractivity contribution in [3.05, 3.63) is 24.3 Å². The molecular formula is C13H19NO2. The highest BCUT2D eigenvalue weighted by molar-refractivity contribution is 5.90. The predicted molar refractivity (Wildman–Crippen MR) is 65.7 cm³/mol. The second kappa shape index (κ2) is 6.16. The van der Waals surface area contributed by atoms with Gasteiger partial charge in [-0.3, -0.25) is 4.79 Å². The topological polar surface area (TPSA) is 38.3 Å². The van der Waals surface area contributed by atoms with Crippen molar-refractivity contribution >= 4 is 11.6 Å². The normalized spacial score (nSPS) is 11.9. The molecule has 0 bridgehead atoms. The van der Waals surface area contributed by atoms with Crippen LogP contribution >= 0.6 is 0 Å². The van der Waals surface area contributed by atoms with E-state index in [0.29, 0.717) is 12.3 Å². The quantitative estimate of drug-likeness (QED) is 0.829. The number of carbonyl (C=O) groups excluding carboxylic acids is 1. The minimum Gasteiger partial charge on any atom is -0.497 e. The monoisotopic (exact) mass is 221 g/mol. The van der Waals surface area contributed by atoms with Crippen LogP contribution in [0.1, 0.15) is 26.7 Å². The van der Waals surface area contributed by atoms with E-state index in [9.17, 15) is 4.79 Å². The summed E-state index contributed by atoms with van der Waals surface area (Å²) >= 11 is 0. The first-order valence-electron chi connectivity index (χ1n) is 5.59. The van der Waals surface area contributed by atoms with Gasteiger partial charge in [0.15, 0.2) is 0 Å². The smallest absolute Gasteiger partial charge is 0.224 e. The Morgan fingerprint density at radius 3 is 2.50 bits per heavy atom. The molecule has 0 saturated heterocycles. The van der Waals surface area contributed by atoms with Crippen LogP contribution in [0.25, 0.3) is 0 Å². The summed E-state index contributed by atoms with van der Waals surface area (Å²) in [6.07, 6.45) is 1.60. The summed E-state index contributed by atoms with van der Waals surface area (Å²) < 4.78 is 5.04. The van der Waals surface area contributed by atoms with Crippen molar-refractivity contribution in [1.82, 2.24) is 0 Å². The van der Waals surface area contributed by atoms with Gasteiger partial charge < -0.3 is 10.1 Å². The number of hydrogen-bond donors (Lipinski definition) is 1. The fourth-order valence-corrected chi connectivity index (χ4v) is 1.35. The lowest BCUT2D eigenvalue weighted by Crippen LogP contribution is -2.14. The summed E-state index contributed by atoms with van der Waals surface area (Å²) in [5, 5.41) is 2.86. The maximum absolute atomic E-state index is 11.6. The minimum absolute atomic E-state index is 0.0690. The molecule has 3 nitrogen and oxygen atoms in total. The molecule has 0 saturated carbocycles. The molecule has 88 valence electrons. The molecule has 0 spiro atoms. The second-order valence-electron chi connectivity index (χ2n) is 3.99. The maximum atomic E-state index is 11.6. The first-order chi connectivity index (χ1) is 7.65. The highest BCUT2D eigenvalue weighted by Gasteiger charge is 2.07. The zero-order chi connectivity index (χ0) is 12.0. The number of methoxy groups -OCH3 is 1. The third kappa shape index (κ3) is 3.93. The molecule has 1 atom stereocenters. The van der Waals surface area contributed by atoms with E-state index in [0.717, 1.165) is 17.9 Å². The van der Waals surface area contributed by atoms with Gasteiger partial charge in [0.1, 0.15) is 5.75 Å². The lowest BCUT2D eigenvalue weighted by atomic mass is 10.1. The Bertz CT molecular complexity index is 332. The first-order valence-corrected chi connectivity index (χ1v) is 5.59. The largest absolute Gasteiger partial charge is 0.497 e. The summed E-state index contributed by atoms with van der Waals surface area (Å²) in [7, 11) is 1.62. The van der Waals surface area contributed by atoms with Crippen molar-refractivity contribution in [2.75, 3.05) is 12.4 Å². The molecule has 1 amide bonds. The number of hydrogen-bond acceptors (Lipinski definition) is 2. The van der Waals surface area contributed by atoms with Crippen molar-refractivity contribution in [2.45, 2.75) is 26.7 Å². The van der Waals surface area contributed by atoms with E-state index in [1.54, 1.807) is 7.11 Å². The molecule has 0 unspecified atom stereocenters. The van der Waals surface area contributed by atoms with Gasteiger partial charge in [-0.05, 0) is 30.2 Å². The molecule has 1 rings (SSSR count). The molecule has 0 radical (unpaired) electrons. The molecule has 1 N–H and O–H groups in total. The highest BCUT2D eigenvalue weighted by Crippen LogP contribution is 2.16. The van der Waals surface area contributed by atoms with Crippen LogP contribution in [-0.2, 0) is 4.79 Å².